The van der Waals surface area contributed by atoms with Gasteiger partial charge in [-0.1, -0.05) is 0 Å². The normalized spacial score (nSPS) is 11.2. The van der Waals surface area contributed by atoms with Crippen LogP contribution < -0.4 is 5.32 Å². The summed E-state index contributed by atoms with van der Waals surface area (Å²) in [5.74, 6) is 0.125. The first kappa shape index (κ1) is 15.9. The Balaban J connectivity index is 1.86. The van der Waals surface area contributed by atoms with E-state index in [0.29, 0.717) is 17.1 Å². The van der Waals surface area contributed by atoms with Gasteiger partial charge in [0.25, 0.3) is 5.91 Å². The van der Waals surface area contributed by atoms with E-state index in [-0.39, 0.29) is 10.8 Å². The van der Waals surface area contributed by atoms with E-state index < -0.39 is 9.84 Å². The van der Waals surface area contributed by atoms with E-state index in [1.807, 2.05) is 0 Å². The van der Waals surface area contributed by atoms with Crippen molar-refractivity contribution in [2.45, 2.75) is 4.90 Å². The Hall–Kier alpha value is -3.00. The number of benzene rings is 1. The maximum Gasteiger partial charge on any atom is 0.255 e. The van der Waals surface area contributed by atoms with Gasteiger partial charge in [0.05, 0.1) is 10.6 Å². The SMILES string of the molecule is CS(=O)(=O)c1ccc(C(=O)Nc2cccnc2-n2cccn2)cc1. The summed E-state index contributed by atoms with van der Waals surface area (Å²) in [4.78, 5) is 16.8. The second kappa shape index (κ2) is 6.25. The van der Waals surface area contributed by atoms with E-state index >= 15 is 0 Å². The van der Waals surface area contributed by atoms with Gasteiger partial charge in [0.1, 0.15) is 0 Å². The maximum atomic E-state index is 12.4. The molecule has 7 nitrogen and oxygen atoms in total. The van der Waals surface area contributed by atoms with Crippen molar-refractivity contribution < 1.29 is 13.2 Å². The minimum absolute atomic E-state index is 0.164. The molecule has 8 heteroatoms. The molecule has 2 heterocycles. The summed E-state index contributed by atoms with van der Waals surface area (Å²) < 4.78 is 24.5. The number of rotatable bonds is 4. The fraction of sp³-hybridized carbons (Fsp3) is 0.0625. The Labute approximate surface area is 138 Å². The van der Waals surface area contributed by atoms with Crippen LogP contribution in [0.5, 0.6) is 0 Å². The van der Waals surface area contributed by atoms with Crippen LogP contribution in [-0.2, 0) is 9.84 Å². The molecule has 0 radical (unpaired) electrons. The van der Waals surface area contributed by atoms with Gasteiger partial charge in [-0.25, -0.2) is 18.1 Å². The van der Waals surface area contributed by atoms with Crippen molar-refractivity contribution in [3.05, 3.63) is 66.6 Å². The van der Waals surface area contributed by atoms with Gasteiger partial charge >= 0.3 is 0 Å². The van der Waals surface area contributed by atoms with Crippen molar-refractivity contribution >= 4 is 21.4 Å². The number of nitrogens with one attached hydrogen (secondary N) is 1. The van der Waals surface area contributed by atoms with E-state index in [2.05, 4.69) is 15.4 Å². The average Bonchev–Trinajstić information content (AvgIpc) is 3.09. The van der Waals surface area contributed by atoms with Gasteiger partial charge in [-0.05, 0) is 42.5 Å². The zero-order valence-corrected chi connectivity index (χ0v) is 13.6. The second-order valence-corrected chi connectivity index (χ2v) is 7.09. The van der Waals surface area contributed by atoms with Crippen LogP contribution in [0, 0.1) is 0 Å². The van der Waals surface area contributed by atoms with Crippen molar-refractivity contribution in [2.75, 3.05) is 11.6 Å². The standard InChI is InChI=1S/C16H14N4O3S/c1-24(22,23)13-7-5-12(6-8-13)16(21)19-14-4-2-9-17-15(14)20-11-3-10-18-20/h2-11H,1H3,(H,19,21). The number of amides is 1. The Kier molecular flexibility index (Phi) is 4.13. The topological polar surface area (TPSA) is 94.0 Å². The van der Waals surface area contributed by atoms with Crippen molar-refractivity contribution in [1.29, 1.82) is 0 Å². The number of carbonyl (C=O) groups excluding carboxylic acids is 1. The van der Waals surface area contributed by atoms with E-state index in [9.17, 15) is 13.2 Å². The summed E-state index contributed by atoms with van der Waals surface area (Å²) in [6.45, 7) is 0. The molecular weight excluding hydrogens is 328 g/mol. The summed E-state index contributed by atoms with van der Waals surface area (Å²) in [6, 6.07) is 10.9. The van der Waals surface area contributed by atoms with E-state index in [1.54, 1.807) is 41.5 Å². The van der Waals surface area contributed by atoms with Crippen LogP contribution in [0.25, 0.3) is 5.82 Å². The number of hydrogen-bond donors (Lipinski definition) is 1. The number of sulfone groups is 1. The molecule has 0 saturated carbocycles. The van der Waals surface area contributed by atoms with Gasteiger partial charge in [0.2, 0.25) is 0 Å². The molecule has 24 heavy (non-hydrogen) atoms. The molecular formula is C16H14N4O3S. The largest absolute Gasteiger partial charge is 0.319 e. The highest BCUT2D eigenvalue weighted by Gasteiger charge is 2.13. The van der Waals surface area contributed by atoms with Gasteiger partial charge in [-0.2, -0.15) is 5.10 Å². The first-order valence-electron chi connectivity index (χ1n) is 7.02. The van der Waals surface area contributed by atoms with E-state index in [4.69, 9.17) is 0 Å². The maximum absolute atomic E-state index is 12.4. The highest BCUT2D eigenvalue weighted by molar-refractivity contribution is 7.90. The first-order chi connectivity index (χ1) is 11.4. The van der Waals surface area contributed by atoms with E-state index in [1.165, 1.54) is 24.3 Å². The molecule has 0 aliphatic rings. The van der Waals surface area contributed by atoms with Crippen molar-refractivity contribution in [1.82, 2.24) is 14.8 Å². The van der Waals surface area contributed by atoms with Crippen LogP contribution in [0.1, 0.15) is 10.4 Å². The lowest BCUT2D eigenvalue weighted by atomic mass is 10.2. The van der Waals surface area contributed by atoms with Gasteiger partial charge in [-0.15, -0.1) is 0 Å². The summed E-state index contributed by atoms with van der Waals surface area (Å²) >= 11 is 0. The molecule has 122 valence electrons. The highest BCUT2D eigenvalue weighted by Crippen LogP contribution is 2.18. The molecule has 1 amide bonds. The van der Waals surface area contributed by atoms with Crippen molar-refractivity contribution in [2.24, 2.45) is 0 Å². The molecule has 3 rings (SSSR count). The third kappa shape index (κ3) is 3.33. The molecule has 0 saturated heterocycles. The van der Waals surface area contributed by atoms with Crippen LogP contribution in [-0.4, -0.2) is 35.3 Å². The van der Waals surface area contributed by atoms with Crippen LogP contribution in [0.2, 0.25) is 0 Å². The number of nitrogens with zero attached hydrogens (tertiary/aromatic N) is 3. The molecule has 0 atom stereocenters. The number of anilines is 1. The highest BCUT2D eigenvalue weighted by atomic mass is 32.2. The smallest absolute Gasteiger partial charge is 0.255 e. The quantitative estimate of drug-likeness (QED) is 0.782. The Morgan fingerprint density at radius 2 is 1.83 bits per heavy atom. The molecule has 0 aliphatic heterocycles. The summed E-state index contributed by atoms with van der Waals surface area (Å²) in [6.07, 6.45) is 6.06. The molecule has 0 spiro atoms. The van der Waals surface area contributed by atoms with Gasteiger partial charge in [-0.3, -0.25) is 4.79 Å². The molecule has 0 aliphatic carbocycles. The van der Waals surface area contributed by atoms with Gasteiger partial charge < -0.3 is 5.32 Å². The molecule has 3 aromatic rings. The minimum Gasteiger partial charge on any atom is -0.319 e. The van der Waals surface area contributed by atoms with Crippen LogP contribution in [0.3, 0.4) is 0 Å². The Morgan fingerprint density at radius 3 is 2.46 bits per heavy atom. The zero-order chi connectivity index (χ0) is 17.2. The molecule has 0 unspecified atom stereocenters. The molecule has 1 N–H and O–H groups in total. The van der Waals surface area contributed by atoms with Gasteiger partial charge in [0, 0.05) is 30.4 Å². The Bertz CT molecular complexity index is 965. The van der Waals surface area contributed by atoms with Crippen LogP contribution >= 0.6 is 0 Å². The first-order valence-corrected chi connectivity index (χ1v) is 8.91. The lowest BCUT2D eigenvalue weighted by Crippen LogP contribution is -2.15. The molecule has 1 aromatic carbocycles. The summed E-state index contributed by atoms with van der Waals surface area (Å²) in [5.41, 5.74) is 0.844. The lowest BCUT2D eigenvalue weighted by molar-refractivity contribution is 0.102. The number of hydrogen-bond acceptors (Lipinski definition) is 5. The fourth-order valence-corrected chi connectivity index (χ4v) is 2.75. The predicted molar refractivity (Wildman–Crippen MR) is 88.9 cm³/mol. The van der Waals surface area contributed by atoms with Crippen LogP contribution in [0.4, 0.5) is 5.69 Å². The third-order valence-electron chi connectivity index (χ3n) is 3.30. The minimum atomic E-state index is -3.29. The van der Waals surface area contributed by atoms with Crippen molar-refractivity contribution in [3.8, 4) is 5.82 Å². The molecule has 0 fully saturated rings. The zero-order valence-electron chi connectivity index (χ0n) is 12.7. The fourth-order valence-electron chi connectivity index (χ4n) is 2.12. The molecule has 2 aromatic heterocycles. The number of aromatic nitrogens is 3. The summed E-state index contributed by atoms with van der Waals surface area (Å²) in [5, 5.41) is 6.86. The van der Waals surface area contributed by atoms with E-state index in [0.717, 1.165) is 6.26 Å². The Morgan fingerprint density at radius 1 is 1.08 bits per heavy atom. The average molecular weight is 342 g/mol. The van der Waals surface area contributed by atoms with Gasteiger partial charge in [0.15, 0.2) is 15.7 Å². The molecule has 0 bridgehead atoms. The number of carbonyl (C=O) groups is 1. The van der Waals surface area contributed by atoms with Crippen LogP contribution in [0.15, 0.2) is 66.0 Å². The monoisotopic (exact) mass is 342 g/mol. The number of pyridine rings is 1. The predicted octanol–water partition coefficient (Wildman–Crippen LogP) is 1.92. The second-order valence-electron chi connectivity index (χ2n) is 5.08. The van der Waals surface area contributed by atoms with Crippen molar-refractivity contribution in [3.63, 3.8) is 0 Å². The summed E-state index contributed by atoms with van der Waals surface area (Å²) in [7, 11) is -3.29. The lowest BCUT2D eigenvalue weighted by Gasteiger charge is -2.10. The third-order valence-corrected chi connectivity index (χ3v) is 4.43.